The molecule has 0 aromatic heterocycles. The van der Waals surface area contributed by atoms with Gasteiger partial charge in [-0.2, -0.15) is 0 Å². The first kappa shape index (κ1) is 43.1. The van der Waals surface area contributed by atoms with Crippen molar-refractivity contribution in [1.82, 2.24) is 5.32 Å². The Kier molecular flexibility index (Phi) is 31.3. The van der Waals surface area contributed by atoms with Gasteiger partial charge in [-0.1, -0.05) is 107 Å². The minimum atomic E-state index is -1.02. The number of carboxylic acids is 1. The molecule has 7 heteroatoms. The van der Waals surface area contributed by atoms with Gasteiger partial charge in [-0.05, 0) is 96.1 Å². The highest BCUT2D eigenvalue weighted by Crippen LogP contribution is 2.14. The molecule has 7 nitrogen and oxygen atoms in total. The van der Waals surface area contributed by atoms with Crippen LogP contribution in [0.5, 0.6) is 0 Å². The number of carbonyl (C=O) groups excluding carboxylic acids is 2. The van der Waals surface area contributed by atoms with Gasteiger partial charge in [-0.25, -0.2) is 4.79 Å². The molecule has 4 N–H and O–H groups in total. The fourth-order valence-electron chi connectivity index (χ4n) is 4.81. The molecule has 0 saturated carbocycles. The topological polar surface area (TPSA) is 119 Å². The Morgan fingerprint density at radius 2 is 1.26 bits per heavy atom. The largest absolute Gasteiger partial charge is 0.480 e. The van der Waals surface area contributed by atoms with E-state index in [4.69, 9.17) is 10.5 Å². The lowest BCUT2D eigenvalue weighted by Crippen LogP contribution is -2.40. The molecule has 2 atom stereocenters. The molecule has 2 unspecified atom stereocenters. The summed E-state index contributed by atoms with van der Waals surface area (Å²) in [6.07, 6.45) is 40.1. The maximum atomic E-state index is 12.5. The molecule has 262 valence electrons. The normalized spacial score (nSPS) is 13.5. The van der Waals surface area contributed by atoms with Crippen LogP contribution in [0.25, 0.3) is 0 Å². The second kappa shape index (κ2) is 33.4. The molecule has 0 aromatic carbocycles. The van der Waals surface area contributed by atoms with Gasteiger partial charge in [0.05, 0.1) is 0 Å². The van der Waals surface area contributed by atoms with Crippen LogP contribution in [-0.2, 0) is 19.1 Å². The zero-order valence-corrected chi connectivity index (χ0v) is 29.1. The lowest BCUT2D eigenvalue weighted by molar-refractivity contribution is -0.147. The quantitative estimate of drug-likeness (QED) is 0.0394. The van der Waals surface area contributed by atoms with E-state index in [0.717, 1.165) is 103 Å². The van der Waals surface area contributed by atoms with Gasteiger partial charge in [0.25, 0.3) is 0 Å². The number of hydrogen-bond acceptors (Lipinski definition) is 5. The minimum absolute atomic E-state index is 0.122. The molecular weight excluding hydrogens is 576 g/mol. The minimum Gasteiger partial charge on any atom is -0.480 e. The number of carboxylic acid groups (broad SMARTS) is 1. The summed E-state index contributed by atoms with van der Waals surface area (Å²) in [6.45, 7) is 4.71. The summed E-state index contributed by atoms with van der Waals surface area (Å²) in [4.78, 5) is 36.0. The first-order chi connectivity index (χ1) is 22.4. The van der Waals surface area contributed by atoms with Crippen LogP contribution < -0.4 is 11.1 Å². The van der Waals surface area contributed by atoms with Crippen LogP contribution in [0.1, 0.15) is 149 Å². The van der Waals surface area contributed by atoms with Crippen molar-refractivity contribution in [2.45, 2.75) is 161 Å². The first-order valence-corrected chi connectivity index (χ1v) is 18.1. The van der Waals surface area contributed by atoms with Crippen molar-refractivity contribution in [1.29, 1.82) is 0 Å². The van der Waals surface area contributed by atoms with Crippen molar-refractivity contribution < 1.29 is 24.2 Å². The number of carbonyl (C=O) groups is 3. The van der Waals surface area contributed by atoms with E-state index in [-0.39, 0.29) is 18.0 Å². The molecule has 0 fully saturated rings. The molecule has 0 radical (unpaired) electrons. The van der Waals surface area contributed by atoms with Gasteiger partial charge in [0, 0.05) is 12.8 Å². The molecule has 46 heavy (non-hydrogen) atoms. The highest BCUT2D eigenvalue weighted by molar-refractivity contribution is 5.83. The SMILES string of the molecule is CC/C=C\C/C=C\C/C=C\C/C=C\CCCCCCC(=O)OC(/C=C\CCCC)CCCCCCC(=O)NC(CCCN)C(=O)O. The zero-order chi connectivity index (χ0) is 33.9. The van der Waals surface area contributed by atoms with Crippen LogP contribution in [0.4, 0.5) is 0 Å². The monoisotopic (exact) mass is 642 g/mol. The van der Waals surface area contributed by atoms with E-state index in [2.05, 4.69) is 73.8 Å². The van der Waals surface area contributed by atoms with Gasteiger partial charge >= 0.3 is 11.9 Å². The smallest absolute Gasteiger partial charge is 0.326 e. The molecule has 0 saturated heterocycles. The van der Waals surface area contributed by atoms with E-state index in [0.29, 0.717) is 38.6 Å². The Morgan fingerprint density at radius 3 is 1.89 bits per heavy atom. The van der Waals surface area contributed by atoms with Gasteiger partial charge in [0.15, 0.2) is 0 Å². The summed E-state index contributed by atoms with van der Waals surface area (Å²) < 4.78 is 5.82. The van der Waals surface area contributed by atoms with E-state index in [1.807, 2.05) is 6.08 Å². The number of unbranched alkanes of at least 4 members (excludes halogenated alkanes) is 9. The predicted molar refractivity (Wildman–Crippen MR) is 193 cm³/mol. The van der Waals surface area contributed by atoms with Crippen LogP contribution in [0.15, 0.2) is 60.8 Å². The summed E-state index contributed by atoms with van der Waals surface area (Å²) in [5, 5.41) is 11.8. The molecule has 0 heterocycles. The van der Waals surface area contributed by atoms with Crippen molar-refractivity contribution in [3.05, 3.63) is 60.8 Å². The van der Waals surface area contributed by atoms with Crippen LogP contribution in [0.2, 0.25) is 0 Å². The number of ether oxygens (including phenoxy) is 1. The van der Waals surface area contributed by atoms with Crippen LogP contribution >= 0.6 is 0 Å². The first-order valence-electron chi connectivity index (χ1n) is 18.1. The van der Waals surface area contributed by atoms with Crippen molar-refractivity contribution in [3.8, 4) is 0 Å². The summed E-state index contributed by atoms with van der Waals surface area (Å²) in [5.74, 6) is -1.37. The molecule has 0 spiro atoms. The van der Waals surface area contributed by atoms with Crippen molar-refractivity contribution in [2.75, 3.05) is 6.54 Å². The third-order valence-electron chi connectivity index (χ3n) is 7.55. The van der Waals surface area contributed by atoms with E-state index in [1.54, 1.807) is 0 Å². The summed E-state index contributed by atoms with van der Waals surface area (Å²) in [7, 11) is 0. The average molecular weight is 643 g/mol. The van der Waals surface area contributed by atoms with Gasteiger partial charge in [0.1, 0.15) is 12.1 Å². The molecule has 1 amide bonds. The fourth-order valence-corrected chi connectivity index (χ4v) is 4.81. The maximum absolute atomic E-state index is 12.5. The Bertz CT molecular complexity index is 906. The highest BCUT2D eigenvalue weighted by atomic mass is 16.5. The number of allylic oxidation sites excluding steroid dienone is 9. The molecule has 0 rings (SSSR count). The Balaban J connectivity index is 4.15. The van der Waals surface area contributed by atoms with E-state index < -0.39 is 12.0 Å². The van der Waals surface area contributed by atoms with Gasteiger partial charge < -0.3 is 20.9 Å². The number of hydrogen-bond donors (Lipinski definition) is 3. The third-order valence-corrected chi connectivity index (χ3v) is 7.55. The van der Waals surface area contributed by atoms with E-state index >= 15 is 0 Å². The molecule has 0 aliphatic heterocycles. The van der Waals surface area contributed by atoms with Crippen LogP contribution in [0.3, 0.4) is 0 Å². The number of rotatable bonds is 31. The van der Waals surface area contributed by atoms with E-state index in [9.17, 15) is 19.5 Å². The lowest BCUT2D eigenvalue weighted by Gasteiger charge is -2.15. The third kappa shape index (κ3) is 29.8. The highest BCUT2D eigenvalue weighted by Gasteiger charge is 2.18. The molecule has 0 aromatic rings. The number of esters is 1. The number of nitrogens with one attached hydrogen (secondary N) is 1. The van der Waals surface area contributed by atoms with Gasteiger partial charge in [0.2, 0.25) is 5.91 Å². The summed E-state index contributed by atoms with van der Waals surface area (Å²) in [5.41, 5.74) is 5.45. The molecule has 0 aliphatic carbocycles. The summed E-state index contributed by atoms with van der Waals surface area (Å²) in [6, 6.07) is -0.873. The van der Waals surface area contributed by atoms with Crippen molar-refractivity contribution in [3.63, 3.8) is 0 Å². The zero-order valence-electron chi connectivity index (χ0n) is 29.1. The second-order valence-corrected chi connectivity index (χ2v) is 11.9. The van der Waals surface area contributed by atoms with Crippen molar-refractivity contribution >= 4 is 17.8 Å². The number of nitrogens with two attached hydrogens (primary N) is 1. The number of amides is 1. The van der Waals surface area contributed by atoms with Crippen LogP contribution in [-0.4, -0.2) is 41.6 Å². The van der Waals surface area contributed by atoms with Crippen LogP contribution in [0, 0.1) is 0 Å². The average Bonchev–Trinajstić information content (AvgIpc) is 3.04. The Labute approximate surface area is 280 Å². The fraction of sp³-hybridized carbons (Fsp3) is 0.667. The Hall–Kier alpha value is -2.93. The maximum Gasteiger partial charge on any atom is 0.326 e. The van der Waals surface area contributed by atoms with Gasteiger partial charge in [-0.3, -0.25) is 9.59 Å². The van der Waals surface area contributed by atoms with E-state index in [1.165, 1.54) is 0 Å². The molecule has 0 aliphatic rings. The second-order valence-electron chi connectivity index (χ2n) is 11.9. The van der Waals surface area contributed by atoms with Crippen molar-refractivity contribution in [2.24, 2.45) is 5.73 Å². The summed E-state index contributed by atoms with van der Waals surface area (Å²) >= 11 is 0. The number of aliphatic carboxylic acids is 1. The lowest BCUT2D eigenvalue weighted by atomic mass is 10.1. The standard InChI is InChI=1S/C39H66N2O5/c1-3-5-7-9-10-11-12-13-14-15-16-17-18-19-20-21-27-33-38(43)46-35(29-24-8-6-4-2)30-25-22-23-26-32-37(42)41-36(39(44)45)31-28-34-40/h5,7,10-11,13-14,16-17,24,29,35-36H,3-4,6,8-9,12,15,18-23,25-28,30-34,40H2,1-2H3,(H,41,42)(H,44,45)/b7-5-,11-10-,14-13-,17-16-,29-24-. The molecule has 0 bridgehead atoms. The predicted octanol–water partition coefficient (Wildman–Crippen LogP) is 9.44. The van der Waals surface area contributed by atoms with Gasteiger partial charge in [-0.15, -0.1) is 0 Å². The molecular formula is C39H66N2O5. The Morgan fingerprint density at radius 1 is 0.674 bits per heavy atom.